The van der Waals surface area contributed by atoms with Gasteiger partial charge in [0.25, 0.3) is 0 Å². The van der Waals surface area contributed by atoms with Crippen molar-refractivity contribution < 1.29 is 9.90 Å². The van der Waals surface area contributed by atoms with Crippen LogP contribution in [-0.4, -0.2) is 17.1 Å². The molecule has 1 atom stereocenters. The molecule has 0 heterocycles. The summed E-state index contributed by atoms with van der Waals surface area (Å²) in [7, 11) is 0. The summed E-state index contributed by atoms with van der Waals surface area (Å²) < 4.78 is 0. The Balaban J connectivity index is 2.55. The lowest BCUT2D eigenvalue weighted by Crippen LogP contribution is -2.24. The Morgan fingerprint density at radius 3 is 2.62 bits per heavy atom. The monoisotopic (exact) mass is 219 g/mol. The Morgan fingerprint density at radius 1 is 1.44 bits per heavy atom. The quantitative estimate of drug-likeness (QED) is 0.744. The molecule has 0 saturated heterocycles. The molecule has 3 nitrogen and oxygen atoms in total. The summed E-state index contributed by atoms with van der Waals surface area (Å²) >= 11 is 0. The second-order valence-corrected chi connectivity index (χ2v) is 3.84. The molecule has 0 unspecified atom stereocenters. The first-order chi connectivity index (χ1) is 7.59. The van der Waals surface area contributed by atoms with Crippen molar-refractivity contribution >= 4 is 5.97 Å². The Bertz CT molecular complexity index is 371. The van der Waals surface area contributed by atoms with E-state index >= 15 is 0 Å². The Kier molecular flexibility index (Phi) is 4.73. The van der Waals surface area contributed by atoms with Crippen LogP contribution in [0.5, 0.6) is 0 Å². The number of hydrogen-bond acceptors (Lipinski definition) is 2. The van der Waals surface area contributed by atoms with Crippen molar-refractivity contribution in [3.8, 4) is 0 Å². The molecule has 0 aliphatic carbocycles. The molecule has 0 bridgehead atoms. The summed E-state index contributed by atoms with van der Waals surface area (Å²) in [6.07, 6.45) is 2.45. The maximum absolute atomic E-state index is 10.4. The molecule has 0 aliphatic rings. The van der Waals surface area contributed by atoms with Gasteiger partial charge in [0, 0.05) is 6.04 Å². The zero-order valence-electron chi connectivity index (χ0n) is 9.39. The van der Waals surface area contributed by atoms with Crippen LogP contribution in [0.3, 0.4) is 0 Å². The number of benzene rings is 1. The van der Waals surface area contributed by atoms with E-state index in [1.807, 2.05) is 37.3 Å². The Hall–Kier alpha value is -1.61. The highest BCUT2D eigenvalue weighted by Gasteiger charge is 2.06. The maximum atomic E-state index is 10.4. The van der Waals surface area contributed by atoms with E-state index < -0.39 is 5.97 Å². The summed E-state index contributed by atoms with van der Waals surface area (Å²) in [5, 5.41) is 8.55. The van der Waals surface area contributed by atoms with Gasteiger partial charge in [-0.15, -0.1) is 0 Å². The van der Waals surface area contributed by atoms with E-state index in [2.05, 4.69) is 0 Å². The molecule has 0 fully saturated rings. The molecule has 0 saturated carbocycles. The molecular weight excluding hydrogens is 202 g/mol. The number of carboxylic acids is 1. The van der Waals surface area contributed by atoms with E-state index in [1.165, 1.54) is 0 Å². The number of aliphatic carboxylic acids is 1. The highest BCUT2D eigenvalue weighted by molar-refractivity contribution is 5.68. The average Bonchev–Trinajstić information content (AvgIpc) is 2.27. The highest BCUT2D eigenvalue weighted by atomic mass is 16.4. The highest BCUT2D eigenvalue weighted by Crippen LogP contribution is 2.08. The summed E-state index contributed by atoms with van der Waals surface area (Å²) in [4.78, 5) is 10.4. The SMILES string of the molecule is C/C(=C\CC(=O)O)[C@@H](N)Cc1ccccc1. The fraction of sp³-hybridized carbons (Fsp3) is 0.308. The van der Waals surface area contributed by atoms with Gasteiger partial charge in [-0.1, -0.05) is 42.0 Å². The zero-order chi connectivity index (χ0) is 12.0. The Labute approximate surface area is 95.6 Å². The minimum Gasteiger partial charge on any atom is -0.481 e. The van der Waals surface area contributed by atoms with E-state index in [9.17, 15) is 4.79 Å². The first-order valence-corrected chi connectivity index (χ1v) is 5.27. The number of hydrogen-bond donors (Lipinski definition) is 2. The molecule has 0 amide bonds. The second kappa shape index (κ2) is 6.08. The lowest BCUT2D eigenvalue weighted by Gasteiger charge is -2.12. The van der Waals surface area contributed by atoms with Gasteiger partial charge in [0.15, 0.2) is 0 Å². The van der Waals surface area contributed by atoms with Crippen molar-refractivity contribution in [3.63, 3.8) is 0 Å². The van der Waals surface area contributed by atoms with Gasteiger partial charge in [0.05, 0.1) is 6.42 Å². The van der Waals surface area contributed by atoms with E-state index in [4.69, 9.17) is 10.8 Å². The average molecular weight is 219 g/mol. The van der Waals surface area contributed by atoms with E-state index in [0.717, 1.165) is 17.6 Å². The number of carboxylic acid groups (broad SMARTS) is 1. The van der Waals surface area contributed by atoms with Crippen molar-refractivity contribution in [1.29, 1.82) is 0 Å². The van der Waals surface area contributed by atoms with Gasteiger partial charge in [-0.25, -0.2) is 0 Å². The third-order valence-corrected chi connectivity index (χ3v) is 2.48. The van der Waals surface area contributed by atoms with Crippen LogP contribution in [0.4, 0.5) is 0 Å². The normalized spacial score (nSPS) is 13.5. The molecule has 1 rings (SSSR count). The number of nitrogens with two attached hydrogens (primary N) is 1. The van der Waals surface area contributed by atoms with E-state index in [-0.39, 0.29) is 12.5 Å². The summed E-state index contributed by atoms with van der Waals surface area (Å²) in [5.74, 6) is -0.828. The van der Waals surface area contributed by atoms with Crippen LogP contribution in [0.1, 0.15) is 18.9 Å². The first kappa shape index (κ1) is 12.5. The predicted molar refractivity (Wildman–Crippen MR) is 64.1 cm³/mol. The van der Waals surface area contributed by atoms with Crippen LogP contribution in [-0.2, 0) is 11.2 Å². The summed E-state index contributed by atoms with van der Waals surface area (Å²) in [5.41, 5.74) is 8.06. The van der Waals surface area contributed by atoms with Crippen LogP contribution >= 0.6 is 0 Å². The molecule has 0 aliphatic heterocycles. The van der Waals surface area contributed by atoms with Crippen molar-refractivity contribution in [3.05, 3.63) is 47.5 Å². The summed E-state index contributed by atoms with van der Waals surface area (Å²) in [6, 6.07) is 9.83. The maximum Gasteiger partial charge on any atom is 0.307 e. The molecule has 0 radical (unpaired) electrons. The van der Waals surface area contributed by atoms with Crippen molar-refractivity contribution in [1.82, 2.24) is 0 Å². The second-order valence-electron chi connectivity index (χ2n) is 3.84. The zero-order valence-corrected chi connectivity index (χ0v) is 9.39. The lowest BCUT2D eigenvalue weighted by atomic mass is 10.00. The number of carbonyl (C=O) groups is 1. The fourth-order valence-corrected chi connectivity index (χ4v) is 1.43. The molecule has 0 aromatic heterocycles. The third-order valence-electron chi connectivity index (χ3n) is 2.48. The van der Waals surface area contributed by atoms with Crippen molar-refractivity contribution in [2.24, 2.45) is 5.73 Å². The van der Waals surface area contributed by atoms with Crippen LogP contribution in [0.2, 0.25) is 0 Å². The van der Waals surface area contributed by atoms with Crippen LogP contribution in [0.25, 0.3) is 0 Å². The van der Waals surface area contributed by atoms with Crippen LogP contribution in [0, 0.1) is 0 Å². The third kappa shape index (κ3) is 4.28. The molecule has 3 N–H and O–H groups in total. The first-order valence-electron chi connectivity index (χ1n) is 5.27. The molecular formula is C13H17NO2. The van der Waals surface area contributed by atoms with Crippen molar-refractivity contribution in [2.75, 3.05) is 0 Å². The fourth-order valence-electron chi connectivity index (χ4n) is 1.43. The minimum atomic E-state index is -0.828. The van der Waals surface area contributed by atoms with Gasteiger partial charge in [-0.05, 0) is 18.9 Å². The molecule has 0 spiro atoms. The molecule has 86 valence electrons. The molecule has 1 aromatic carbocycles. The predicted octanol–water partition coefficient (Wildman–Crippen LogP) is 1.98. The topological polar surface area (TPSA) is 63.3 Å². The van der Waals surface area contributed by atoms with E-state index in [1.54, 1.807) is 6.08 Å². The largest absolute Gasteiger partial charge is 0.481 e. The smallest absolute Gasteiger partial charge is 0.307 e. The van der Waals surface area contributed by atoms with Gasteiger partial charge in [0.2, 0.25) is 0 Å². The number of rotatable bonds is 5. The van der Waals surface area contributed by atoms with Gasteiger partial charge in [0.1, 0.15) is 0 Å². The van der Waals surface area contributed by atoms with Crippen LogP contribution < -0.4 is 5.73 Å². The van der Waals surface area contributed by atoms with Crippen LogP contribution in [0.15, 0.2) is 42.0 Å². The minimum absolute atomic E-state index is 0.0360. The molecule has 1 aromatic rings. The molecule has 16 heavy (non-hydrogen) atoms. The van der Waals surface area contributed by atoms with Gasteiger partial charge >= 0.3 is 5.97 Å². The summed E-state index contributed by atoms with van der Waals surface area (Å²) in [6.45, 7) is 1.87. The van der Waals surface area contributed by atoms with Gasteiger partial charge in [-0.2, -0.15) is 0 Å². The Morgan fingerprint density at radius 2 is 2.06 bits per heavy atom. The lowest BCUT2D eigenvalue weighted by molar-refractivity contribution is -0.136. The van der Waals surface area contributed by atoms with Gasteiger partial charge < -0.3 is 10.8 Å². The molecule has 3 heteroatoms. The standard InChI is InChI=1S/C13H17NO2/c1-10(7-8-13(15)16)12(14)9-11-5-3-2-4-6-11/h2-7,12H,8-9,14H2,1H3,(H,15,16)/b10-7+/t12-/m0/s1. The van der Waals surface area contributed by atoms with E-state index in [0.29, 0.717) is 0 Å². The van der Waals surface area contributed by atoms with Crippen molar-refractivity contribution in [2.45, 2.75) is 25.8 Å². The van der Waals surface area contributed by atoms with Gasteiger partial charge in [-0.3, -0.25) is 4.79 Å².